The Morgan fingerprint density at radius 3 is 2.02 bits per heavy atom. The van der Waals surface area contributed by atoms with Gasteiger partial charge in [-0.1, -0.05) is 58.5 Å². The highest BCUT2D eigenvalue weighted by Gasteiger charge is 2.32. The van der Waals surface area contributed by atoms with Crippen molar-refractivity contribution in [1.82, 2.24) is 5.43 Å². The summed E-state index contributed by atoms with van der Waals surface area (Å²) in [6.07, 6.45) is 3.21. The molecule has 1 fully saturated rings. The van der Waals surface area contributed by atoms with Crippen molar-refractivity contribution in [1.29, 1.82) is 0 Å². The molecule has 10 N–H and O–H groups in total. The zero-order valence-corrected chi connectivity index (χ0v) is 24.2. The zero-order chi connectivity index (χ0) is 30.4. The maximum atomic E-state index is 10.9. The van der Waals surface area contributed by atoms with Gasteiger partial charge in [-0.3, -0.25) is 14.4 Å². The van der Waals surface area contributed by atoms with Crippen molar-refractivity contribution in [3.05, 3.63) is 35.9 Å². The smallest absolute Gasteiger partial charge is 0.309 e. The number of Topliss-reactive ketones (excluding diaryl/α,β-unsaturated/α-hetero) is 1. The van der Waals surface area contributed by atoms with E-state index in [4.69, 9.17) is 37.5 Å². The maximum absolute atomic E-state index is 10.9. The first-order valence-electron chi connectivity index (χ1n) is 13.1. The Bertz CT molecular complexity index is 825. The molecule has 0 aliphatic carbocycles. The summed E-state index contributed by atoms with van der Waals surface area (Å²) in [5, 5.41) is 12.3. The highest BCUT2D eigenvalue weighted by Crippen LogP contribution is 2.15. The van der Waals surface area contributed by atoms with Gasteiger partial charge < -0.3 is 37.5 Å². The van der Waals surface area contributed by atoms with Crippen LogP contribution in [0.15, 0.2) is 35.4 Å². The molecule has 0 bridgehead atoms. The van der Waals surface area contributed by atoms with Crippen LogP contribution >= 0.6 is 0 Å². The molecule has 6 atom stereocenters. The monoisotopic (exact) mass is 570 g/mol. The number of hydrogen-bond donors (Lipinski definition) is 6. The molecule has 1 aliphatic heterocycles. The van der Waals surface area contributed by atoms with Gasteiger partial charge in [0, 0.05) is 25.2 Å². The summed E-state index contributed by atoms with van der Waals surface area (Å²) in [6, 6.07) is 9.00. The normalized spacial score (nSPS) is 18.5. The number of aliphatic hydroxyl groups excluding tert-OH is 1. The summed E-state index contributed by atoms with van der Waals surface area (Å²) < 4.78 is 10.3. The van der Waals surface area contributed by atoms with E-state index in [0.29, 0.717) is 6.61 Å². The molecular weight excluding hydrogens is 516 g/mol. The number of esters is 1. The summed E-state index contributed by atoms with van der Waals surface area (Å²) in [5.74, 6) is -0.400. The van der Waals surface area contributed by atoms with Crippen LogP contribution in [0.5, 0.6) is 0 Å². The molecule has 1 aromatic carbocycles. The number of nitrogens with one attached hydrogen (secondary N) is 1. The predicted molar refractivity (Wildman–Crippen MR) is 160 cm³/mol. The number of hydrazone groups is 1. The molecule has 0 radical (unpaired) electrons. The number of ether oxygens (including phenoxy) is 2. The first-order valence-corrected chi connectivity index (χ1v) is 13.1. The Morgan fingerprint density at radius 2 is 1.70 bits per heavy atom. The van der Waals surface area contributed by atoms with Crippen LogP contribution in [0.4, 0.5) is 0 Å². The van der Waals surface area contributed by atoms with Crippen molar-refractivity contribution in [2.75, 3.05) is 0 Å². The number of nitrogens with two attached hydrogens (primary N) is 4. The van der Waals surface area contributed by atoms with Gasteiger partial charge in [0.15, 0.2) is 0 Å². The SMILES string of the molecule is C.CCC(N)/C=N/NC(C)=O.CCC(N)C(C)=O.CCC(N)C(C)O.NC1CC(=O)OC1OCc1ccccc1. The molecule has 0 saturated carbocycles. The van der Waals surface area contributed by atoms with Crippen molar-refractivity contribution < 1.29 is 29.0 Å². The highest BCUT2D eigenvalue weighted by atomic mass is 16.7. The molecule has 0 aromatic heterocycles. The van der Waals surface area contributed by atoms with Crippen molar-refractivity contribution >= 4 is 23.9 Å². The summed E-state index contributed by atoms with van der Waals surface area (Å²) >= 11 is 0. The van der Waals surface area contributed by atoms with Gasteiger partial charge in [-0.2, -0.15) is 5.10 Å². The summed E-state index contributed by atoms with van der Waals surface area (Å²) in [5.41, 5.74) is 25.0. The molecule has 12 heteroatoms. The van der Waals surface area contributed by atoms with Gasteiger partial charge in [0.1, 0.15) is 5.78 Å². The fourth-order valence-corrected chi connectivity index (χ4v) is 2.42. The van der Waals surface area contributed by atoms with Gasteiger partial charge in [-0.15, -0.1) is 0 Å². The van der Waals surface area contributed by atoms with Crippen LogP contribution in [-0.2, 0) is 30.5 Å². The van der Waals surface area contributed by atoms with Gasteiger partial charge in [0.25, 0.3) is 0 Å². The number of carbonyl (C=O) groups excluding carboxylic acids is 3. The van der Waals surface area contributed by atoms with Crippen LogP contribution in [0, 0.1) is 0 Å². The van der Waals surface area contributed by atoms with E-state index in [-0.39, 0.29) is 61.8 Å². The molecule has 1 saturated heterocycles. The van der Waals surface area contributed by atoms with E-state index >= 15 is 0 Å². The fourth-order valence-electron chi connectivity index (χ4n) is 2.42. The van der Waals surface area contributed by atoms with Crippen LogP contribution in [0.3, 0.4) is 0 Å². The number of cyclic esters (lactones) is 1. The predicted octanol–water partition coefficient (Wildman–Crippen LogP) is 1.70. The number of ketones is 1. The van der Waals surface area contributed by atoms with E-state index in [1.54, 1.807) is 6.92 Å². The average Bonchev–Trinajstić information content (AvgIpc) is 3.24. The lowest BCUT2D eigenvalue weighted by Crippen LogP contribution is -2.32. The van der Waals surface area contributed by atoms with Gasteiger partial charge in [0.2, 0.25) is 12.2 Å². The second-order valence-corrected chi connectivity index (χ2v) is 8.98. The van der Waals surface area contributed by atoms with Crippen LogP contribution in [-0.4, -0.2) is 65.5 Å². The summed E-state index contributed by atoms with van der Waals surface area (Å²) in [4.78, 5) is 31.4. The van der Waals surface area contributed by atoms with E-state index in [2.05, 4.69) is 10.5 Å². The Balaban J connectivity index is -0.000000482. The first-order chi connectivity index (χ1) is 18.3. The number of aliphatic hydroxyl groups is 1. The van der Waals surface area contributed by atoms with Gasteiger partial charge >= 0.3 is 5.97 Å². The second kappa shape index (κ2) is 25.2. The molecule has 1 amide bonds. The minimum absolute atomic E-state index is 0. The van der Waals surface area contributed by atoms with Crippen molar-refractivity contribution in [2.24, 2.45) is 28.0 Å². The molecule has 232 valence electrons. The van der Waals surface area contributed by atoms with Gasteiger partial charge in [-0.25, -0.2) is 5.43 Å². The van der Waals surface area contributed by atoms with E-state index in [1.807, 2.05) is 51.1 Å². The minimum Gasteiger partial charge on any atom is -0.434 e. The van der Waals surface area contributed by atoms with E-state index in [9.17, 15) is 14.4 Å². The van der Waals surface area contributed by atoms with Crippen molar-refractivity contribution in [3.63, 3.8) is 0 Å². The average molecular weight is 571 g/mol. The lowest BCUT2D eigenvalue weighted by atomic mass is 10.1. The third-order valence-corrected chi connectivity index (χ3v) is 5.27. The Hall–Kier alpha value is -2.74. The quantitative estimate of drug-likeness (QED) is 0.136. The highest BCUT2D eigenvalue weighted by molar-refractivity contribution is 5.80. The number of hydrogen-bond acceptors (Lipinski definition) is 11. The van der Waals surface area contributed by atoms with E-state index < -0.39 is 6.29 Å². The molecule has 2 rings (SSSR count). The molecule has 1 aromatic rings. The Kier molecular flexibility index (Phi) is 26.3. The van der Waals surface area contributed by atoms with E-state index in [0.717, 1.165) is 24.8 Å². The van der Waals surface area contributed by atoms with Crippen LogP contribution < -0.4 is 28.4 Å². The summed E-state index contributed by atoms with van der Waals surface area (Å²) in [7, 11) is 0. The third kappa shape index (κ3) is 23.2. The lowest BCUT2D eigenvalue weighted by Gasteiger charge is -2.14. The number of nitrogens with zero attached hydrogens (tertiary/aromatic N) is 1. The molecule has 1 aliphatic rings. The lowest BCUT2D eigenvalue weighted by molar-refractivity contribution is -0.166. The fraction of sp³-hybridized carbons (Fsp3) is 0.643. The van der Waals surface area contributed by atoms with Crippen LogP contribution in [0.1, 0.15) is 80.2 Å². The number of rotatable bonds is 10. The standard InChI is InChI=1S/C11H13NO3.C6H13N3O.C5H13NO.C5H11NO.CH4/c12-9-6-10(13)15-11(9)14-7-8-4-2-1-3-5-8;1-3-6(7)4-8-9-5(2)10;2*1-3-5(6)4(2)7;/h1-5,9,11H,6-7,12H2;4,6H,3,7H2,1-2H3,(H,9,10);4-5,7H,3,6H2,1-2H3;5H,3,6H2,1-2H3;1H4/b;8-4+;;;. The Morgan fingerprint density at radius 1 is 1.12 bits per heavy atom. The number of carbonyl (C=O) groups is 3. The third-order valence-electron chi connectivity index (χ3n) is 5.27. The topological polar surface area (TPSA) is 218 Å². The van der Waals surface area contributed by atoms with Gasteiger partial charge in [-0.05, 0) is 38.7 Å². The Labute approximate surface area is 240 Å². The maximum Gasteiger partial charge on any atom is 0.309 e. The molecule has 12 nitrogen and oxygen atoms in total. The molecule has 0 spiro atoms. The largest absolute Gasteiger partial charge is 0.434 e. The molecular formula is C28H54N6O6. The molecule has 6 unspecified atom stereocenters. The van der Waals surface area contributed by atoms with Gasteiger partial charge in [0.05, 0.1) is 31.2 Å². The molecule has 40 heavy (non-hydrogen) atoms. The number of benzene rings is 1. The van der Waals surface area contributed by atoms with Crippen molar-refractivity contribution in [2.45, 2.75) is 118 Å². The van der Waals surface area contributed by atoms with Crippen molar-refractivity contribution in [3.8, 4) is 0 Å². The zero-order valence-electron chi connectivity index (χ0n) is 24.2. The first kappa shape index (κ1) is 41.7. The number of amides is 1. The molecule has 1 heterocycles. The minimum atomic E-state index is -0.599. The second-order valence-electron chi connectivity index (χ2n) is 8.98. The van der Waals surface area contributed by atoms with Crippen LogP contribution in [0.25, 0.3) is 0 Å². The van der Waals surface area contributed by atoms with E-state index in [1.165, 1.54) is 20.1 Å². The van der Waals surface area contributed by atoms with Crippen LogP contribution in [0.2, 0.25) is 0 Å². The summed E-state index contributed by atoms with van der Waals surface area (Å²) in [6.45, 7) is 10.8.